The number of carbonyl (C=O) groups excluding carboxylic acids is 1. The number of nitrogens with zero attached hydrogens (tertiary/aromatic N) is 4. The number of fused-ring (bicyclic) bond motifs is 1. The fraction of sp³-hybridized carbons (Fsp3) is 0.600. The molecule has 0 radical (unpaired) electrons. The van der Waals surface area contributed by atoms with Crippen LogP contribution in [0.5, 0.6) is 0 Å². The third-order valence-electron chi connectivity index (χ3n) is 3.75. The number of rotatable bonds is 8. The van der Waals surface area contributed by atoms with Gasteiger partial charge < -0.3 is 20.1 Å². The fourth-order valence-corrected chi connectivity index (χ4v) is 2.16. The van der Waals surface area contributed by atoms with Crippen LogP contribution in [0, 0.1) is 11.8 Å². The van der Waals surface area contributed by atoms with E-state index in [2.05, 4.69) is 15.0 Å². The molecule has 23 heavy (non-hydrogen) atoms. The first kappa shape index (κ1) is 17.3. The van der Waals surface area contributed by atoms with Crippen molar-refractivity contribution in [3.8, 4) is 0 Å². The summed E-state index contributed by atoms with van der Waals surface area (Å²) >= 11 is 0. The standard InChI is InChI=1S/C15H23N5O3/c1-10(2)13(16)15(22)23-4-3-11(7-21)6-20-9-19-12-5-17-8-18-14(12)20/h5,8-11,13,21H,3-4,6-7,16H2,1-2H3/t11-,13+/m1/s1. The second-order valence-corrected chi connectivity index (χ2v) is 5.90. The molecule has 0 aromatic carbocycles. The van der Waals surface area contributed by atoms with E-state index in [4.69, 9.17) is 10.5 Å². The van der Waals surface area contributed by atoms with Crippen molar-refractivity contribution < 1.29 is 14.6 Å². The zero-order chi connectivity index (χ0) is 16.8. The molecule has 126 valence electrons. The zero-order valence-corrected chi connectivity index (χ0v) is 13.4. The molecule has 0 fully saturated rings. The minimum atomic E-state index is -0.614. The van der Waals surface area contributed by atoms with E-state index in [1.165, 1.54) is 6.33 Å². The molecule has 0 bridgehead atoms. The Hall–Kier alpha value is -2.06. The number of esters is 1. The molecule has 2 rings (SSSR count). The molecule has 2 aromatic heterocycles. The van der Waals surface area contributed by atoms with E-state index in [1.807, 2.05) is 18.4 Å². The summed E-state index contributed by atoms with van der Waals surface area (Å²) in [4.78, 5) is 24.0. The average molecular weight is 321 g/mol. The largest absolute Gasteiger partial charge is 0.465 e. The quantitative estimate of drug-likeness (QED) is 0.674. The molecule has 0 aliphatic rings. The zero-order valence-electron chi connectivity index (χ0n) is 13.4. The van der Waals surface area contributed by atoms with Crippen LogP contribution in [-0.2, 0) is 16.1 Å². The van der Waals surface area contributed by atoms with Crippen LogP contribution < -0.4 is 5.73 Å². The summed E-state index contributed by atoms with van der Waals surface area (Å²) < 4.78 is 7.04. The van der Waals surface area contributed by atoms with Crippen LogP contribution in [0.4, 0.5) is 0 Å². The van der Waals surface area contributed by atoms with Crippen molar-refractivity contribution in [2.75, 3.05) is 13.2 Å². The lowest BCUT2D eigenvalue weighted by atomic mass is 10.1. The van der Waals surface area contributed by atoms with Crippen LogP contribution in [0.15, 0.2) is 18.9 Å². The molecular formula is C15H23N5O3. The molecule has 8 heteroatoms. The highest BCUT2D eigenvalue weighted by Crippen LogP contribution is 2.13. The maximum absolute atomic E-state index is 11.7. The molecule has 0 unspecified atom stereocenters. The van der Waals surface area contributed by atoms with Crippen molar-refractivity contribution in [3.05, 3.63) is 18.9 Å². The first-order valence-corrected chi connectivity index (χ1v) is 7.66. The maximum atomic E-state index is 11.7. The molecule has 8 nitrogen and oxygen atoms in total. The number of carbonyl (C=O) groups is 1. The van der Waals surface area contributed by atoms with E-state index in [0.29, 0.717) is 18.5 Å². The lowest BCUT2D eigenvalue weighted by Crippen LogP contribution is -2.37. The monoisotopic (exact) mass is 321 g/mol. The van der Waals surface area contributed by atoms with Crippen molar-refractivity contribution in [1.82, 2.24) is 19.5 Å². The molecule has 0 spiro atoms. The van der Waals surface area contributed by atoms with E-state index in [9.17, 15) is 9.90 Å². The average Bonchev–Trinajstić information content (AvgIpc) is 2.96. The van der Waals surface area contributed by atoms with Gasteiger partial charge in [0.1, 0.15) is 17.9 Å². The summed E-state index contributed by atoms with van der Waals surface area (Å²) in [6.45, 7) is 4.49. The van der Waals surface area contributed by atoms with Gasteiger partial charge >= 0.3 is 5.97 Å². The molecule has 3 N–H and O–H groups in total. The van der Waals surface area contributed by atoms with E-state index in [0.717, 1.165) is 5.65 Å². The molecule has 0 saturated carbocycles. The summed E-state index contributed by atoms with van der Waals surface area (Å²) in [6.07, 6.45) is 5.31. The Morgan fingerprint density at radius 3 is 2.91 bits per heavy atom. The number of hydrogen-bond acceptors (Lipinski definition) is 7. The SMILES string of the molecule is CC(C)[C@H](N)C(=O)OCC[C@@H](CO)Cn1cnc2cncnc21. The van der Waals surface area contributed by atoms with Gasteiger partial charge in [0.25, 0.3) is 0 Å². The minimum absolute atomic E-state index is 0.0153. The highest BCUT2D eigenvalue weighted by Gasteiger charge is 2.19. The summed E-state index contributed by atoms with van der Waals surface area (Å²) in [5.41, 5.74) is 7.16. The van der Waals surface area contributed by atoms with Crippen molar-refractivity contribution in [2.45, 2.75) is 32.9 Å². The summed E-state index contributed by atoms with van der Waals surface area (Å²) in [7, 11) is 0. The molecule has 0 saturated heterocycles. The van der Waals surface area contributed by atoms with E-state index in [-0.39, 0.29) is 25.0 Å². The van der Waals surface area contributed by atoms with Crippen LogP contribution in [-0.4, -0.2) is 49.9 Å². The topological polar surface area (TPSA) is 116 Å². The van der Waals surface area contributed by atoms with Gasteiger partial charge in [-0.25, -0.2) is 15.0 Å². The highest BCUT2D eigenvalue weighted by atomic mass is 16.5. The summed E-state index contributed by atoms with van der Waals surface area (Å²) in [5, 5.41) is 9.53. The Labute approximate surface area is 134 Å². The number of aromatic nitrogens is 4. The number of aliphatic hydroxyl groups is 1. The lowest BCUT2D eigenvalue weighted by Gasteiger charge is -2.17. The van der Waals surface area contributed by atoms with Crippen molar-refractivity contribution in [2.24, 2.45) is 17.6 Å². The van der Waals surface area contributed by atoms with Gasteiger partial charge in [0, 0.05) is 19.1 Å². The van der Waals surface area contributed by atoms with E-state index < -0.39 is 12.0 Å². The molecule has 2 atom stereocenters. The van der Waals surface area contributed by atoms with E-state index >= 15 is 0 Å². The van der Waals surface area contributed by atoms with Crippen molar-refractivity contribution >= 4 is 17.1 Å². The molecular weight excluding hydrogens is 298 g/mol. The van der Waals surface area contributed by atoms with Crippen LogP contribution in [0.25, 0.3) is 11.2 Å². The van der Waals surface area contributed by atoms with Crippen molar-refractivity contribution in [3.63, 3.8) is 0 Å². The van der Waals surface area contributed by atoms with Gasteiger partial charge in [-0.15, -0.1) is 0 Å². The van der Waals surface area contributed by atoms with Gasteiger partial charge in [-0.05, 0) is 12.3 Å². The van der Waals surface area contributed by atoms with Gasteiger partial charge in [-0.3, -0.25) is 4.79 Å². The van der Waals surface area contributed by atoms with Gasteiger partial charge in [0.2, 0.25) is 0 Å². The van der Waals surface area contributed by atoms with Gasteiger partial charge in [0.15, 0.2) is 5.65 Å². The Morgan fingerprint density at radius 2 is 2.22 bits per heavy atom. The smallest absolute Gasteiger partial charge is 0.323 e. The van der Waals surface area contributed by atoms with Gasteiger partial charge in [0.05, 0.1) is 19.1 Å². The minimum Gasteiger partial charge on any atom is -0.465 e. The van der Waals surface area contributed by atoms with Gasteiger partial charge in [-0.1, -0.05) is 13.8 Å². The summed E-state index contributed by atoms with van der Waals surface area (Å²) in [6, 6.07) is -0.614. The van der Waals surface area contributed by atoms with Crippen molar-refractivity contribution in [1.29, 1.82) is 0 Å². The third-order valence-corrected chi connectivity index (χ3v) is 3.75. The first-order valence-electron chi connectivity index (χ1n) is 7.66. The van der Waals surface area contributed by atoms with Crippen LogP contribution in [0.1, 0.15) is 20.3 Å². The molecule has 2 aromatic rings. The molecule has 0 amide bonds. The number of aliphatic hydroxyl groups excluding tert-OH is 1. The molecule has 0 aliphatic heterocycles. The molecule has 2 heterocycles. The first-order chi connectivity index (χ1) is 11.0. The second-order valence-electron chi connectivity index (χ2n) is 5.90. The number of nitrogens with two attached hydrogens (primary N) is 1. The number of imidazole rings is 1. The number of ether oxygens (including phenoxy) is 1. The fourth-order valence-electron chi connectivity index (χ4n) is 2.16. The number of hydrogen-bond donors (Lipinski definition) is 2. The molecule has 0 aliphatic carbocycles. The lowest BCUT2D eigenvalue weighted by molar-refractivity contribution is -0.146. The second kappa shape index (κ2) is 7.98. The summed E-state index contributed by atoms with van der Waals surface area (Å²) in [5.74, 6) is -0.434. The predicted molar refractivity (Wildman–Crippen MR) is 84.3 cm³/mol. The normalized spacial score (nSPS) is 14.1. The van der Waals surface area contributed by atoms with E-state index in [1.54, 1.807) is 12.5 Å². The van der Waals surface area contributed by atoms with Crippen LogP contribution in [0.2, 0.25) is 0 Å². The Bertz CT molecular complexity index is 643. The third kappa shape index (κ3) is 4.46. The Morgan fingerprint density at radius 1 is 1.43 bits per heavy atom. The Balaban J connectivity index is 1.87. The van der Waals surface area contributed by atoms with Crippen LogP contribution >= 0.6 is 0 Å². The maximum Gasteiger partial charge on any atom is 0.323 e. The van der Waals surface area contributed by atoms with Gasteiger partial charge in [-0.2, -0.15) is 0 Å². The van der Waals surface area contributed by atoms with Crippen LogP contribution in [0.3, 0.4) is 0 Å². The highest BCUT2D eigenvalue weighted by molar-refractivity contribution is 5.75. The predicted octanol–water partition coefficient (Wildman–Crippen LogP) is 0.351. The Kier molecular flexibility index (Phi) is 6.00.